The number of aliphatic hydroxyl groups is 1. The first-order chi connectivity index (χ1) is 9.81. The molecule has 21 heavy (non-hydrogen) atoms. The van der Waals surface area contributed by atoms with Gasteiger partial charge in [-0.2, -0.15) is 11.8 Å². The zero-order chi connectivity index (χ0) is 16.2. The highest BCUT2D eigenvalue weighted by Gasteiger charge is 2.23. The number of halogens is 2. The molecule has 9 heteroatoms. The topological polar surface area (TPSA) is 92.5 Å². The molecule has 1 rings (SSSR count). The van der Waals surface area contributed by atoms with E-state index in [9.17, 15) is 20.0 Å². The summed E-state index contributed by atoms with van der Waals surface area (Å²) in [5, 5.41) is 22.3. The fraction of sp³-hybridized carbons (Fsp3) is 0.417. The van der Waals surface area contributed by atoms with Crippen molar-refractivity contribution in [3.05, 3.63) is 37.9 Å². The molecule has 0 aliphatic carbocycles. The molecule has 0 heterocycles. The molecule has 1 aromatic carbocycles. The van der Waals surface area contributed by atoms with E-state index in [-0.39, 0.29) is 39.2 Å². The van der Waals surface area contributed by atoms with E-state index in [2.05, 4.69) is 5.32 Å². The minimum atomic E-state index is -0.652. The molecular weight excluding hydrogens is 339 g/mol. The normalized spacial score (nSPS) is 13.6. The number of benzene rings is 1. The Morgan fingerprint density at radius 3 is 2.62 bits per heavy atom. The molecule has 0 aromatic heterocycles. The lowest BCUT2D eigenvalue weighted by molar-refractivity contribution is -0.384. The van der Waals surface area contributed by atoms with Gasteiger partial charge in [0.15, 0.2) is 0 Å². The summed E-state index contributed by atoms with van der Waals surface area (Å²) >= 11 is 13.1. The average Bonchev–Trinajstić information content (AvgIpc) is 2.42. The van der Waals surface area contributed by atoms with Crippen molar-refractivity contribution in [1.82, 2.24) is 5.32 Å². The SMILES string of the molecule is CSC(CO)C(C)NC(=O)c1cc([N+](=O)[O-])cc(Cl)c1Cl. The summed E-state index contributed by atoms with van der Waals surface area (Å²) in [6, 6.07) is 1.82. The molecule has 0 bridgehead atoms. The third kappa shape index (κ3) is 4.47. The van der Waals surface area contributed by atoms with Crippen LogP contribution < -0.4 is 5.32 Å². The number of hydrogen-bond donors (Lipinski definition) is 2. The van der Waals surface area contributed by atoms with Crippen LogP contribution in [0.25, 0.3) is 0 Å². The van der Waals surface area contributed by atoms with Crippen molar-refractivity contribution < 1.29 is 14.8 Å². The molecule has 2 atom stereocenters. The predicted octanol–water partition coefficient (Wildman–Crippen LogP) is 2.74. The summed E-state index contributed by atoms with van der Waals surface area (Å²) in [5.74, 6) is -0.578. The van der Waals surface area contributed by atoms with Gasteiger partial charge in [0, 0.05) is 23.4 Å². The monoisotopic (exact) mass is 352 g/mol. The van der Waals surface area contributed by atoms with Crippen LogP contribution in [-0.4, -0.2) is 40.1 Å². The second kappa shape index (κ2) is 7.84. The van der Waals surface area contributed by atoms with Crippen LogP contribution in [0.3, 0.4) is 0 Å². The summed E-state index contributed by atoms with van der Waals surface area (Å²) in [4.78, 5) is 22.3. The van der Waals surface area contributed by atoms with Crippen molar-refractivity contribution in [3.8, 4) is 0 Å². The van der Waals surface area contributed by atoms with E-state index >= 15 is 0 Å². The minimum absolute atomic E-state index is 0.0448. The van der Waals surface area contributed by atoms with Gasteiger partial charge in [-0.3, -0.25) is 14.9 Å². The summed E-state index contributed by atoms with van der Waals surface area (Å²) in [6.45, 7) is 1.62. The van der Waals surface area contributed by atoms with Crippen molar-refractivity contribution >= 4 is 46.6 Å². The van der Waals surface area contributed by atoms with E-state index in [4.69, 9.17) is 23.2 Å². The minimum Gasteiger partial charge on any atom is -0.395 e. The second-order valence-electron chi connectivity index (χ2n) is 4.27. The van der Waals surface area contributed by atoms with E-state index < -0.39 is 10.8 Å². The van der Waals surface area contributed by atoms with E-state index in [1.807, 2.05) is 0 Å². The lowest BCUT2D eigenvalue weighted by atomic mass is 10.1. The van der Waals surface area contributed by atoms with Gasteiger partial charge in [0.2, 0.25) is 0 Å². The van der Waals surface area contributed by atoms with E-state index in [0.29, 0.717) is 0 Å². The number of rotatable bonds is 6. The zero-order valence-corrected chi connectivity index (χ0v) is 13.6. The first kappa shape index (κ1) is 18.0. The van der Waals surface area contributed by atoms with E-state index in [0.717, 1.165) is 12.1 Å². The highest BCUT2D eigenvalue weighted by atomic mass is 35.5. The standard InChI is InChI=1S/C12H14Cl2N2O4S/c1-6(10(5-17)21-2)15-12(18)8-3-7(16(19)20)4-9(13)11(8)14/h3-4,6,10,17H,5H2,1-2H3,(H,15,18). The Morgan fingerprint density at radius 2 is 2.14 bits per heavy atom. The quantitative estimate of drug-likeness (QED) is 0.606. The van der Waals surface area contributed by atoms with Crippen LogP contribution >= 0.6 is 35.0 Å². The van der Waals surface area contributed by atoms with Gasteiger partial charge in [0.25, 0.3) is 11.6 Å². The number of amides is 1. The zero-order valence-electron chi connectivity index (χ0n) is 11.3. The molecule has 6 nitrogen and oxygen atoms in total. The Kier molecular flexibility index (Phi) is 6.73. The lowest BCUT2D eigenvalue weighted by Crippen LogP contribution is -2.41. The molecule has 0 aliphatic rings. The Morgan fingerprint density at radius 1 is 1.52 bits per heavy atom. The van der Waals surface area contributed by atoms with Crippen molar-refractivity contribution in [2.45, 2.75) is 18.2 Å². The molecule has 0 spiro atoms. The van der Waals surface area contributed by atoms with E-state index in [1.165, 1.54) is 11.8 Å². The summed E-state index contributed by atoms with van der Waals surface area (Å²) < 4.78 is 0. The maximum atomic E-state index is 12.2. The third-order valence-electron chi connectivity index (χ3n) is 2.87. The maximum Gasteiger partial charge on any atom is 0.271 e. The van der Waals surface area contributed by atoms with Crippen LogP contribution in [-0.2, 0) is 0 Å². The first-order valence-electron chi connectivity index (χ1n) is 5.89. The van der Waals surface area contributed by atoms with Crippen molar-refractivity contribution in [2.24, 2.45) is 0 Å². The number of aliphatic hydroxyl groups excluding tert-OH is 1. The number of thioether (sulfide) groups is 1. The van der Waals surface area contributed by atoms with E-state index in [1.54, 1.807) is 13.2 Å². The van der Waals surface area contributed by atoms with Crippen LogP contribution in [0.4, 0.5) is 5.69 Å². The Hall–Kier alpha value is -1.02. The van der Waals surface area contributed by atoms with Gasteiger partial charge in [0.05, 0.1) is 27.1 Å². The summed E-state index contributed by atoms with van der Waals surface area (Å²) in [5.41, 5.74) is -0.383. The fourth-order valence-electron chi connectivity index (χ4n) is 1.66. The third-order valence-corrected chi connectivity index (χ3v) is 4.83. The number of nitrogens with zero attached hydrogens (tertiary/aromatic N) is 1. The Labute approximate surface area is 136 Å². The molecule has 2 N–H and O–H groups in total. The van der Waals surface area contributed by atoms with Gasteiger partial charge in [0.1, 0.15) is 0 Å². The van der Waals surface area contributed by atoms with Crippen molar-refractivity contribution in [2.75, 3.05) is 12.9 Å². The van der Waals surface area contributed by atoms with Gasteiger partial charge < -0.3 is 10.4 Å². The first-order valence-corrected chi connectivity index (χ1v) is 7.94. The van der Waals surface area contributed by atoms with Crippen molar-refractivity contribution in [3.63, 3.8) is 0 Å². The highest BCUT2D eigenvalue weighted by Crippen LogP contribution is 2.31. The molecule has 0 radical (unpaired) electrons. The number of nitrogens with one attached hydrogen (secondary N) is 1. The molecule has 0 aliphatic heterocycles. The second-order valence-corrected chi connectivity index (χ2v) is 6.13. The molecular formula is C12H14Cl2N2O4S. The van der Waals surface area contributed by atoms with Crippen LogP contribution in [0.1, 0.15) is 17.3 Å². The van der Waals surface area contributed by atoms with Crippen LogP contribution in [0, 0.1) is 10.1 Å². The lowest BCUT2D eigenvalue weighted by Gasteiger charge is -2.21. The van der Waals surface area contributed by atoms with Gasteiger partial charge in [-0.15, -0.1) is 0 Å². The molecule has 1 amide bonds. The number of hydrogen-bond acceptors (Lipinski definition) is 5. The maximum absolute atomic E-state index is 12.2. The summed E-state index contributed by atoms with van der Waals surface area (Å²) in [6.07, 6.45) is 1.81. The largest absolute Gasteiger partial charge is 0.395 e. The highest BCUT2D eigenvalue weighted by molar-refractivity contribution is 7.99. The van der Waals surface area contributed by atoms with Gasteiger partial charge >= 0.3 is 0 Å². The number of carbonyl (C=O) groups excluding carboxylic acids is 1. The molecule has 0 saturated heterocycles. The van der Waals surface area contributed by atoms with Gasteiger partial charge in [-0.25, -0.2) is 0 Å². The molecule has 1 aromatic rings. The van der Waals surface area contributed by atoms with Crippen LogP contribution in [0.5, 0.6) is 0 Å². The number of carbonyl (C=O) groups is 1. The van der Waals surface area contributed by atoms with Crippen molar-refractivity contribution in [1.29, 1.82) is 0 Å². The molecule has 0 saturated carbocycles. The number of non-ortho nitro benzene ring substituents is 1. The molecule has 116 valence electrons. The summed E-state index contributed by atoms with van der Waals surface area (Å²) in [7, 11) is 0. The number of nitro benzene ring substituents is 1. The average molecular weight is 353 g/mol. The fourth-order valence-corrected chi connectivity index (χ4v) is 2.69. The molecule has 0 fully saturated rings. The van der Waals surface area contributed by atoms with Crippen LogP contribution in [0.2, 0.25) is 10.0 Å². The smallest absolute Gasteiger partial charge is 0.271 e. The van der Waals surface area contributed by atoms with Crippen LogP contribution in [0.15, 0.2) is 12.1 Å². The van der Waals surface area contributed by atoms with Gasteiger partial charge in [-0.05, 0) is 13.2 Å². The molecule has 2 unspecified atom stereocenters. The Bertz CT molecular complexity index is 552. The number of nitro groups is 1. The van der Waals surface area contributed by atoms with Gasteiger partial charge in [-0.1, -0.05) is 23.2 Å². The predicted molar refractivity (Wildman–Crippen MR) is 84.4 cm³/mol. The Balaban J connectivity index is 3.04.